The lowest BCUT2D eigenvalue weighted by Gasteiger charge is -2.36. The Balaban J connectivity index is 1.65. The average molecular weight is 225 g/mol. The second kappa shape index (κ2) is 5.50. The number of nitrogens with one attached hydrogen (secondary N) is 1. The first kappa shape index (κ1) is 12.4. The van der Waals surface area contributed by atoms with E-state index < -0.39 is 0 Å². The Kier molecular flexibility index (Phi) is 4.26. The maximum atomic E-state index is 9.24. The Morgan fingerprint density at radius 1 is 1.19 bits per heavy atom. The van der Waals surface area contributed by atoms with E-state index >= 15 is 0 Å². The highest BCUT2D eigenvalue weighted by atomic mass is 16.3. The normalized spacial score (nSPS) is 39.8. The summed E-state index contributed by atoms with van der Waals surface area (Å²) in [5, 5.41) is 13.0. The molecule has 2 saturated carbocycles. The van der Waals surface area contributed by atoms with Crippen molar-refractivity contribution in [2.75, 3.05) is 6.54 Å². The van der Waals surface area contributed by atoms with E-state index in [0.29, 0.717) is 0 Å². The van der Waals surface area contributed by atoms with Crippen molar-refractivity contribution < 1.29 is 5.11 Å². The quantitative estimate of drug-likeness (QED) is 0.770. The molecule has 0 aliphatic heterocycles. The standard InChI is InChI=1S/C14H27NO/c1-10(2)12-4-3-5-13(8-12)15-9-11-6-14(16)7-11/h10-16H,3-9H2,1-2H3. The van der Waals surface area contributed by atoms with Gasteiger partial charge < -0.3 is 10.4 Å². The maximum absolute atomic E-state index is 9.24. The summed E-state index contributed by atoms with van der Waals surface area (Å²) in [6, 6.07) is 0.749. The van der Waals surface area contributed by atoms with Crippen LogP contribution >= 0.6 is 0 Å². The number of rotatable bonds is 4. The third-order valence-electron chi connectivity index (χ3n) is 4.56. The molecule has 0 aromatic rings. The fourth-order valence-electron chi connectivity index (χ4n) is 3.22. The molecule has 0 spiro atoms. The van der Waals surface area contributed by atoms with Crippen molar-refractivity contribution in [3.05, 3.63) is 0 Å². The second-order valence-electron chi connectivity index (χ2n) is 6.27. The van der Waals surface area contributed by atoms with Gasteiger partial charge in [0.1, 0.15) is 0 Å². The average Bonchev–Trinajstić information content (AvgIpc) is 2.23. The summed E-state index contributed by atoms with van der Waals surface area (Å²) in [7, 11) is 0. The minimum Gasteiger partial charge on any atom is -0.393 e. The van der Waals surface area contributed by atoms with Crippen LogP contribution < -0.4 is 5.32 Å². The predicted octanol–water partition coefficient (Wildman–Crippen LogP) is 2.56. The molecule has 0 bridgehead atoms. The second-order valence-corrected chi connectivity index (χ2v) is 6.27. The molecule has 2 fully saturated rings. The van der Waals surface area contributed by atoms with Gasteiger partial charge in [-0.05, 0) is 50.0 Å². The Bertz CT molecular complexity index is 211. The first-order valence-electron chi connectivity index (χ1n) is 7.06. The minimum atomic E-state index is 0.00145. The predicted molar refractivity (Wildman–Crippen MR) is 67.3 cm³/mol. The third-order valence-corrected chi connectivity index (χ3v) is 4.56. The molecule has 0 saturated heterocycles. The molecule has 2 atom stereocenters. The monoisotopic (exact) mass is 225 g/mol. The van der Waals surface area contributed by atoms with E-state index in [-0.39, 0.29) is 6.10 Å². The molecule has 0 amide bonds. The summed E-state index contributed by atoms with van der Waals surface area (Å²) in [4.78, 5) is 0. The Labute approximate surface area is 99.8 Å². The van der Waals surface area contributed by atoms with Gasteiger partial charge in [0.05, 0.1) is 6.10 Å². The molecular weight excluding hydrogens is 198 g/mol. The number of hydrogen-bond acceptors (Lipinski definition) is 2. The lowest BCUT2D eigenvalue weighted by atomic mass is 9.78. The van der Waals surface area contributed by atoms with E-state index in [1.807, 2.05) is 0 Å². The van der Waals surface area contributed by atoms with Crippen LogP contribution in [0, 0.1) is 17.8 Å². The van der Waals surface area contributed by atoms with Gasteiger partial charge in [-0.1, -0.05) is 26.7 Å². The third kappa shape index (κ3) is 3.21. The van der Waals surface area contributed by atoms with Gasteiger partial charge in [-0.25, -0.2) is 0 Å². The van der Waals surface area contributed by atoms with Crippen LogP contribution in [0.5, 0.6) is 0 Å². The zero-order chi connectivity index (χ0) is 11.5. The molecule has 2 rings (SSSR count). The Morgan fingerprint density at radius 2 is 1.94 bits per heavy atom. The SMILES string of the molecule is CC(C)C1CCCC(NCC2CC(O)C2)C1. The number of aliphatic hydroxyl groups is 1. The van der Waals surface area contributed by atoms with Gasteiger partial charge in [0.2, 0.25) is 0 Å². The van der Waals surface area contributed by atoms with E-state index in [4.69, 9.17) is 0 Å². The molecule has 2 nitrogen and oxygen atoms in total. The van der Waals surface area contributed by atoms with E-state index in [0.717, 1.165) is 43.2 Å². The minimum absolute atomic E-state index is 0.00145. The fraction of sp³-hybridized carbons (Fsp3) is 1.00. The smallest absolute Gasteiger partial charge is 0.0546 e. The molecule has 16 heavy (non-hydrogen) atoms. The van der Waals surface area contributed by atoms with Crippen LogP contribution in [-0.4, -0.2) is 23.8 Å². The van der Waals surface area contributed by atoms with Gasteiger partial charge in [-0.15, -0.1) is 0 Å². The van der Waals surface area contributed by atoms with Gasteiger partial charge in [-0.2, -0.15) is 0 Å². The topological polar surface area (TPSA) is 32.3 Å². The van der Waals surface area contributed by atoms with Crippen molar-refractivity contribution >= 4 is 0 Å². The lowest BCUT2D eigenvalue weighted by molar-refractivity contribution is 0.0405. The van der Waals surface area contributed by atoms with Gasteiger partial charge in [-0.3, -0.25) is 0 Å². The Hall–Kier alpha value is -0.0800. The van der Waals surface area contributed by atoms with Crippen LogP contribution in [0.1, 0.15) is 52.4 Å². The lowest BCUT2D eigenvalue weighted by Crippen LogP contribution is -2.42. The van der Waals surface area contributed by atoms with E-state index in [9.17, 15) is 5.11 Å². The van der Waals surface area contributed by atoms with Crippen molar-refractivity contribution in [3.63, 3.8) is 0 Å². The zero-order valence-corrected chi connectivity index (χ0v) is 10.8. The molecule has 0 heterocycles. The molecule has 2 heteroatoms. The molecule has 94 valence electrons. The summed E-state index contributed by atoms with van der Waals surface area (Å²) in [6.07, 6.45) is 7.60. The summed E-state index contributed by atoms with van der Waals surface area (Å²) >= 11 is 0. The fourth-order valence-corrected chi connectivity index (χ4v) is 3.22. The van der Waals surface area contributed by atoms with Crippen molar-refractivity contribution in [2.24, 2.45) is 17.8 Å². The summed E-state index contributed by atoms with van der Waals surface area (Å²) in [5.74, 6) is 2.52. The first-order valence-corrected chi connectivity index (χ1v) is 7.06. The molecule has 2 aliphatic carbocycles. The van der Waals surface area contributed by atoms with Crippen molar-refractivity contribution in [1.82, 2.24) is 5.32 Å². The molecule has 0 aromatic carbocycles. The Morgan fingerprint density at radius 3 is 2.56 bits per heavy atom. The summed E-state index contributed by atoms with van der Waals surface area (Å²) < 4.78 is 0. The van der Waals surface area contributed by atoms with Gasteiger partial charge in [0.15, 0.2) is 0 Å². The first-order chi connectivity index (χ1) is 7.65. The number of aliphatic hydroxyl groups excluding tert-OH is 1. The van der Waals surface area contributed by atoms with Crippen molar-refractivity contribution in [3.8, 4) is 0 Å². The van der Waals surface area contributed by atoms with E-state index in [1.165, 1.54) is 25.7 Å². The molecular formula is C14H27NO. The molecule has 2 unspecified atom stereocenters. The zero-order valence-electron chi connectivity index (χ0n) is 10.8. The van der Waals surface area contributed by atoms with Crippen LogP contribution in [-0.2, 0) is 0 Å². The molecule has 2 aliphatic rings. The van der Waals surface area contributed by atoms with Gasteiger partial charge >= 0.3 is 0 Å². The summed E-state index contributed by atoms with van der Waals surface area (Å²) in [5.41, 5.74) is 0. The van der Waals surface area contributed by atoms with Gasteiger partial charge in [0, 0.05) is 6.04 Å². The molecule has 0 radical (unpaired) electrons. The van der Waals surface area contributed by atoms with E-state index in [1.54, 1.807) is 0 Å². The van der Waals surface area contributed by atoms with Crippen LogP contribution in [0.15, 0.2) is 0 Å². The van der Waals surface area contributed by atoms with Crippen LogP contribution in [0.25, 0.3) is 0 Å². The van der Waals surface area contributed by atoms with Gasteiger partial charge in [0.25, 0.3) is 0 Å². The highest BCUT2D eigenvalue weighted by Gasteiger charge is 2.29. The molecule has 2 N–H and O–H groups in total. The van der Waals surface area contributed by atoms with Crippen molar-refractivity contribution in [1.29, 1.82) is 0 Å². The van der Waals surface area contributed by atoms with Crippen molar-refractivity contribution in [2.45, 2.75) is 64.5 Å². The van der Waals surface area contributed by atoms with E-state index in [2.05, 4.69) is 19.2 Å². The number of hydrogen-bond donors (Lipinski definition) is 2. The van der Waals surface area contributed by atoms with Crippen LogP contribution in [0.4, 0.5) is 0 Å². The summed E-state index contributed by atoms with van der Waals surface area (Å²) in [6.45, 7) is 5.84. The largest absolute Gasteiger partial charge is 0.393 e. The maximum Gasteiger partial charge on any atom is 0.0546 e. The molecule has 0 aromatic heterocycles. The van der Waals surface area contributed by atoms with Crippen LogP contribution in [0.3, 0.4) is 0 Å². The van der Waals surface area contributed by atoms with Crippen LogP contribution in [0.2, 0.25) is 0 Å². The highest BCUT2D eigenvalue weighted by molar-refractivity contribution is 4.84. The highest BCUT2D eigenvalue weighted by Crippen LogP contribution is 2.31.